The predicted molar refractivity (Wildman–Crippen MR) is 57.2 cm³/mol. The molecular weight excluding hydrogens is 276 g/mol. The normalized spacial score (nSPS) is 12.2. The number of hydrogen-bond donors (Lipinski definition) is 2. The first-order chi connectivity index (χ1) is 7.54. The van der Waals surface area contributed by atoms with Gasteiger partial charge in [0.25, 0.3) is 0 Å². The Hall–Kier alpha value is -1.16. The quantitative estimate of drug-likeness (QED) is 0.542. The van der Waals surface area contributed by atoms with Gasteiger partial charge in [0.2, 0.25) is 0 Å². The molecule has 0 aliphatic heterocycles. The Balaban J connectivity index is 4.25. The van der Waals surface area contributed by atoms with Crippen LogP contribution in [0.4, 0.5) is 0 Å². The maximum absolute atomic E-state index is 11.1. The molecule has 17 heavy (non-hydrogen) atoms. The van der Waals surface area contributed by atoms with E-state index in [4.69, 9.17) is 10.2 Å². The lowest BCUT2D eigenvalue weighted by atomic mass is 10.6. The highest BCUT2D eigenvalue weighted by atomic mass is 32.2. The van der Waals surface area contributed by atoms with Crippen molar-refractivity contribution in [1.82, 2.24) is 0 Å². The van der Waals surface area contributed by atoms with E-state index in [1.807, 2.05) is 0 Å². The van der Waals surface area contributed by atoms with Crippen LogP contribution in [0.15, 0.2) is 0 Å². The minimum Gasteiger partial charge on any atom is -0.480 e. The third-order valence-electron chi connectivity index (χ3n) is 1.60. The van der Waals surface area contributed by atoms with Crippen molar-refractivity contribution in [3.8, 4) is 0 Å². The van der Waals surface area contributed by atoms with E-state index in [0.717, 1.165) is 0 Å². The Morgan fingerprint density at radius 2 is 1.06 bits per heavy atom. The van der Waals surface area contributed by atoms with Crippen LogP contribution in [-0.4, -0.2) is 62.0 Å². The lowest BCUT2D eigenvalue weighted by molar-refractivity contribution is -0.135. The summed E-state index contributed by atoms with van der Waals surface area (Å²) in [6, 6.07) is 0. The van der Waals surface area contributed by atoms with Crippen molar-refractivity contribution in [2.75, 3.05) is 23.0 Å². The number of carboxylic acids is 2. The summed E-state index contributed by atoms with van der Waals surface area (Å²) < 4.78 is 44.2. The number of rotatable bonds is 8. The fraction of sp³-hybridized carbons (Fsp3) is 0.714. The second kappa shape index (κ2) is 5.96. The topological polar surface area (TPSA) is 143 Å². The van der Waals surface area contributed by atoms with Crippen molar-refractivity contribution in [2.45, 2.75) is 6.42 Å². The first kappa shape index (κ1) is 15.8. The highest BCUT2D eigenvalue weighted by molar-refractivity contribution is 7.92. The summed E-state index contributed by atoms with van der Waals surface area (Å²) in [7, 11) is -7.69. The zero-order valence-electron chi connectivity index (χ0n) is 8.70. The maximum atomic E-state index is 11.1. The molecule has 0 rings (SSSR count). The molecule has 0 spiro atoms. The van der Waals surface area contributed by atoms with Crippen molar-refractivity contribution in [2.24, 2.45) is 0 Å². The lowest BCUT2D eigenvalue weighted by Crippen LogP contribution is -2.22. The summed E-state index contributed by atoms with van der Waals surface area (Å²) in [5.74, 6) is -6.36. The van der Waals surface area contributed by atoms with E-state index in [-0.39, 0.29) is 6.42 Å². The zero-order valence-corrected chi connectivity index (χ0v) is 10.3. The molecule has 0 fully saturated rings. The summed E-state index contributed by atoms with van der Waals surface area (Å²) in [6.45, 7) is 0. The van der Waals surface area contributed by atoms with Gasteiger partial charge in [0, 0.05) is 0 Å². The van der Waals surface area contributed by atoms with Gasteiger partial charge in [-0.2, -0.15) is 0 Å². The van der Waals surface area contributed by atoms with E-state index in [1.165, 1.54) is 0 Å². The van der Waals surface area contributed by atoms with Gasteiger partial charge in [-0.15, -0.1) is 0 Å². The molecule has 0 saturated heterocycles. The van der Waals surface area contributed by atoms with E-state index < -0.39 is 54.6 Å². The fourth-order valence-electron chi connectivity index (χ4n) is 1.02. The molecule has 0 unspecified atom stereocenters. The standard InChI is InChI=1S/C7H12O8S2/c8-6(9)4-16(12,13)2-1-3-17(14,15)5-7(10)11/h1-5H2,(H,8,9)(H,10,11). The van der Waals surface area contributed by atoms with Crippen LogP contribution in [0.5, 0.6) is 0 Å². The highest BCUT2D eigenvalue weighted by Gasteiger charge is 2.19. The molecule has 0 aromatic heterocycles. The molecule has 0 saturated carbocycles. The summed E-state index contributed by atoms with van der Waals surface area (Å²) in [5, 5.41) is 16.5. The second-order valence-corrected chi connectivity index (χ2v) is 7.69. The van der Waals surface area contributed by atoms with Gasteiger partial charge in [0.15, 0.2) is 19.7 Å². The van der Waals surface area contributed by atoms with Gasteiger partial charge in [-0.3, -0.25) is 9.59 Å². The highest BCUT2D eigenvalue weighted by Crippen LogP contribution is 1.99. The molecule has 0 aromatic rings. The van der Waals surface area contributed by atoms with Crippen LogP contribution in [0.25, 0.3) is 0 Å². The van der Waals surface area contributed by atoms with Gasteiger partial charge in [-0.05, 0) is 6.42 Å². The molecule has 0 heterocycles. The number of aliphatic carboxylic acids is 2. The summed E-state index contributed by atoms with van der Waals surface area (Å²) in [5.41, 5.74) is 0. The molecule has 0 radical (unpaired) electrons. The molecule has 0 amide bonds. The summed E-state index contributed by atoms with van der Waals surface area (Å²) in [4.78, 5) is 20.3. The molecule has 100 valence electrons. The van der Waals surface area contributed by atoms with Crippen LogP contribution in [0.2, 0.25) is 0 Å². The van der Waals surface area contributed by atoms with E-state index in [2.05, 4.69) is 0 Å². The Morgan fingerprint density at radius 3 is 1.29 bits per heavy atom. The van der Waals surface area contributed by atoms with Crippen molar-refractivity contribution in [3.63, 3.8) is 0 Å². The molecule has 0 aromatic carbocycles. The first-order valence-electron chi connectivity index (χ1n) is 4.38. The number of sulfone groups is 2. The van der Waals surface area contributed by atoms with Gasteiger partial charge in [-0.1, -0.05) is 0 Å². The minimum atomic E-state index is -3.84. The van der Waals surface area contributed by atoms with E-state index >= 15 is 0 Å². The van der Waals surface area contributed by atoms with Gasteiger partial charge >= 0.3 is 11.9 Å². The Labute approximate surface area is 98.1 Å². The lowest BCUT2D eigenvalue weighted by Gasteiger charge is -2.02. The van der Waals surface area contributed by atoms with Gasteiger partial charge in [0.05, 0.1) is 11.5 Å². The third-order valence-corrected chi connectivity index (χ3v) is 4.79. The minimum absolute atomic E-state index is 0.314. The van der Waals surface area contributed by atoms with Crippen molar-refractivity contribution in [1.29, 1.82) is 0 Å². The average Bonchev–Trinajstić information content (AvgIpc) is 1.96. The van der Waals surface area contributed by atoms with Gasteiger partial charge in [-0.25, -0.2) is 16.8 Å². The largest absolute Gasteiger partial charge is 0.480 e. The van der Waals surface area contributed by atoms with E-state index in [0.29, 0.717) is 0 Å². The predicted octanol–water partition coefficient (Wildman–Crippen LogP) is -1.62. The molecule has 8 nitrogen and oxygen atoms in total. The molecule has 0 aliphatic carbocycles. The van der Waals surface area contributed by atoms with Crippen LogP contribution in [0, 0.1) is 0 Å². The van der Waals surface area contributed by atoms with Gasteiger partial charge < -0.3 is 10.2 Å². The smallest absolute Gasteiger partial charge is 0.318 e. The van der Waals surface area contributed by atoms with Crippen molar-refractivity contribution in [3.05, 3.63) is 0 Å². The average molecular weight is 288 g/mol. The summed E-state index contributed by atoms with van der Waals surface area (Å²) in [6.07, 6.45) is -0.314. The van der Waals surface area contributed by atoms with E-state index in [9.17, 15) is 26.4 Å². The Kier molecular flexibility index (Phi) is 5.55. The Bertz CT molecular complexity index is 440. The van der Waals surface area contributed by atoms with Crippen LogP contribution in [0.3, 0.4) is 0 Å². The third kappa shape index (κ3) is 8.63. The van der Waals surface area contributed by atoms with Gasteiger partial charge in [0.1, 0.15) is 11.5 Å². The van der Waals surface area contributed by atoms with Crippen LogP contribution in [-0.2, 0) is 29.3 Å². The molecule has 10 heteroatoms. The number of carboxylic acid groups (broad SMARTS) is 2. The number of carbonyl (C=O) groups is 2. The SMILES string of the molecule is O=C(O)CS(=O)(=O)CCCS(=O)(=O)CC(=O)O. The maximum Gasteiger partial charge on any atom is 0.318 e. The van der Waals surface area contributed by atoms with Crippen LogP contribution in [0.1, 0.15) is 6.42 Å². The molecule has 0 bridgehead atoms. The fourth-order valence-corrected chi connectivity index (χ4v) is 3.41. The summed E-state index contributed by atoms with van der Waals surface area (Å²) >= 11 is 0. The molecule has 0 aliphatic rings. The molecule has 0 atom stereocenters. The second-order valence-electron chi connectivity index (χ2n) is 3.33. The number of hydrogen-bond acceptors (Lipinski definition) is 6. The van der Waals surface area contributed by atoms with Crippen molar-refractivity contribution >= 4 is 31.6 Å². The monoisotopic (exact) mass is 288 g/mol. The van der Waals surface area contributed by atoms with Crippen molar-refractivity contribution < 1.29 is 36.6 Å². The zero-order chi connectivity index (χ0) is 13.7. The first-order valence-corrected chi connectivity index (χ1v) is 8.03. The van der Waals surface area contributed by atoms with E-state index in [1.54, 1.807) is 0 Å². The molecule has 2 N–H and O–H groups in total. The van der Waals surface area contributed by atoms with Crippen LogP contribution >= 0.6 is 0 Å². The van der Waals surface area contributed by atoms with Crippen LogP contribution < -0.4 is 0 Å². The molecular formula is C7H12O8S2. The Morgan fingerprint density at radius 1 is 0.765 bits per heavy atom.